The molecule has 232 valence electrons. The number of hydrogen-bond acceptors (Lipinski definition) is 16. The van der Waals surface area contributed by atoms with Crippen LogP contribution in [0, 0.1) is 0 Å². The summed E-state index contributed by atoms with van der Waals surface area (Å²) in [5.41, 5.74) is 0. The van der Waals surface area contributed by atoms with Gasteiger partial charge in [0.25, 0.3) is 0 Å². The van der Waals surface area contributed by atoms with Crippen LogP contribution in [-0.2, 0) is 33.3 Å². The van der Waals surface area contributed by atoms with E-state index in [0.29, 0.717) is 0 Å². The number of amides is 2. The Kier molecular flexibility index (Phi) is 11.5. The van der Waals surface area contributed by atoms with Gasteiger partial charge in [-0.25, -0.2) is 0 Å². The zero-order valence-electron chi connectivity index (χ0n) is 21.7. The van der Waals surface area contributed by atoms with E-state index < -0.39 is 124 Å². The third-order valence-corrected chi connectivity index (χ3v) is 6.90. The van der Waals surface area contributed by atoms with Crippen LogP contribution in [0.3, 0.4) is 0 Å². The summed E-state index contributed by atoms with van der Waals surface area (Å²) in [7, 11) is 0. The van der Waals surface area contributed by atoms with Crippen molar-refractivity contribution in [1.29, 1.82) is 0 Å². The summed E-state index contributed by atoms with van der Waals surface area (Å²) in [4.78, 5) is 23.7. The van der Waals surface area contributed by atoms with Gasteiger partial charge in [0.2, 0.25) is 11.8 Å². The van der Waals surface area contributed by atoms with Crippen molar-refractivity contribution < 1.29 is 79.2 Å². The van der Waals surface area contributed by atoms with Gasteiger partial charge in [-0.15, -0.1) is 0 Å². The molecule has 0 aromatic carbocycles. The van der Waals surface area contributed by atoms with Crippen molar-refractivity contribution in [2.45, 2.75) is 106 Å². The van der Waals surface area contributed by atoms with E-state index in [9.17, 15) is 55.5 Å². The fourth-order valence-corrected chi connectivity index (χ4v) is 4.85. The maximum absolute atomic E-state index is 12.0. The Morgan fingerprint density at radius 1 is 0.600 bits per heavy atom. The Labute approximate surface area is 228 Å². The van der Waals surface area contributed by atoms with Crippen LogP contribution in [0.2, 0.25) is 0 Å². The Hall–Kier alpha value is -1.62. The first-order valence-electron chi connectivity index (χ1n) is 12.6. The van der Waals surface area contributed by atoms with Crippen LogP contribution in [0.25, 0.3) is 0 Å². The second-order valence-corrected chi connectivity index (χ2v) is 9.81. The molecular formula is C22H38N2O16. The maximum atomic E-state index is 12.0. The minimum atomic E-state index is -1.88. The van der Waals surface area contributed by atoms with Gasteiger partial charge in [-0.1, -0.05) is 0 Å². The first kappa shape index (κ1) is 32.9. The molecular weight excluding hydrogens is 548 g/mol. The van der Waals surface area contributed by atoms with Gasteiger partial charge in [-0.3, -0.25) is 9.59 Å². The molecule has 0 bridgehead atoms. The van der Waals surface area contributed by atoms with E-state index in [1.165, 1.54) is 0 Å². The summed E-state index contributed by atoms with van der Waals surface area (Å²) < 4.78 is 27.6. The number of aliphatic hydroxyl groups is 9. The lowest BCUT2D eigenvalue weighted by atomic mass is 9.94. The highest BCUT2D eigenvalue weighted by Crippen LogP contribution is 2.32. The number of hydrogen-bond donors (Lipinski definition) is 11. The van der Waals surface area contributed by atoms with E-state index in [0.717, 1.165) is 13.8 Å². The van der Waals surface area contributed by atoms with E-state index in [4.69, 9.17) is 23.7 Å². The second-order valence-electron chi connectivity index (χ2n) is 9.81. The van der Waals surface area contributed by atoms with Crippen molar-refractivity contribution in [3.8, 4) is 0 Å². The number of aliphatic hydroxyl groups excluding tert-OH is 9. The molecule has 0 spiro atoms. The first-order valence-corrected chi connectivity index (χ1v) is 12.6. The van der Waals surface area contributed by atoms with Crippen LogP contribution in [-0.4, -0.2) is 170 Å². The summed E-state index contributed by atoms with van der Waals surface area (Å²) in [6.45, 7) is -0.0923. The van der Waals surface area contributed by atoms with Gasteiger partial charge >= 0.3 is 0 Å². The zero-order valence-corrected chi connectivity index (χ0v) is 21.7. The molecule has 0 unspecified atom stereocenters. The molecule has 0 aromatic rings. The summed E-state index contributed by atoms with van der Waals surface area (Å²) in [6, 6.07) is -2.90. The molecule has 3 saturated heterocycles. The van der Waals surface area contributed by atoms with Crippen molar-refractivity contribution in [2.24, 2.45) is 0 Å². The molecule has 40 heavy (non-hydrogen) atoms. The fraction of sp³-hybridized carbons (Fsp3) is 0.909. The number of ether oxygens (including phenoxy) is 5. The number of nitrogens with one attached hydrogen (secondary N) is 2. The second kappa shape index (κ2) is 14.0. The molecule has 3 aliphatic heterocycles. The zero-order chi connectivity index (χ0) is 29.9. The third-order valence-electron chi connectivity index (χ3n) is 6.90. The third kappa shape index (κ3) is 7.05. The van der Waals surface area contributed by atoms with Crippen LogP contribution in [0.4, 0.5) is 0 Å². The van der Waals surface area contributed by atoms with Gasteiger partial charge < -0.3 is 80.3 Å². The van der Waals surface area contributed by atoms with E-state index >= 15 is 0 Å². The number of rotatable bonds is 9. The average molecular weight is 587 g/mol. The minimum Gasteiger partial charge on any atom is -0.394 e. The van der Waals surface area contributed by atoms with E-state index in [2.05, 4.69) is 10.6 Å². The molecule has 11 N–H and O–H groups in total. The monoisotopic (exact) mass is 586 g/mol. The first-order chi connectivity index (χ1) is 18.8. The van der Waals surface area contributed by atoms with Crippen molar-refractivity contribution in [1.82, 2.24) is 10.6 Å². The Morgan fingerprint density at radius 2 is 1.02 bits per heavy atom. The van der Waals surface area contributed by atoms with Crippen LogP contribution < -0.4 is 10.6 Å². The summed E-state index contributed by atoms with van der Waals surface area (Å²) in [5.74, 6) is -1.33. The minimum absolute atomic E-state index is 0.642. The molecule has 0 radical (unpaired) electrons. The molecule has 3 fully saturated rings. The number of carbonyl (C=O) groups excluding carboxylic acids is 2. The fourth-order valence-electron chi connectivity index (χ4n) is 4.85. The molecule has 2 amide bonds. The average Bonchev–Trinajstić information content (AvgIpc) is 2.90. The van der Waals surface area contributed by atoms with Crippen molar-refractivity contribution >= 4 is 11.8 Å². The van der Waals surface area contributed by atoms with E-state index in [-0.39, 0.29) is 0 Å². The predicted octanol–water partition coefficient (Wildman–Crippen LogP) is -7.29. The topological polar surface area (TPSA) is 286 Å². The summed E-state index contributed by atoms with van der Waals surface area (Å²) in [5, 5.41) is 96.4. The Morgan fingerprint density at radius 3 is 1.52 bits per heavy atom. The van der Waals surface area contributed by atoms with Crippen LogP contribution in [0.1, 0.15) is 13.8 Å². The molecule has 0 saturated carbocycles. The molecule has 3 rings (SSSR count). The maximum Gasteiger partial charge on any atom is 0.217 e. The lowest BCUT2D eigenvalue weighted by Gasteiger charge is -2.49. The largest absolute Gasteiger partial charge is 0.394 e. The summed E-state index contributed by atoms with van der Waals surface area (Å²) in [6.07, 6.45) is -21.1. The molecule has 18 nitrogen and oxygen atoms in total. The predicted molar refractivity (Wildman–Crippen MR) is 124 cm³/mol. The van der Waals surface area contributed by atoms with Crippen molar-refractivity contribution in [2.75, 3.05) is 19.8 Å². The molecule has 3 heterocycles. The van der Waals surface area contributed by atoms with Gasteiger partial charge in [0.1, 0.15) is 73.1 Å². The lowest BCUT2D eigenvalue weighted by Crippen LogP contribution is -2.70. The highest BCUT2D eigenvalue weighted by molar-refractivity contribution is 5.73. The molecule has 3 aliphatic rings. The van der Waals surface area contributed by atoms with Crippen molar-refractivity contribution in [3.05, 3.63) is 0 Å². The van der Waals surface area contributed by atoms with Crippen LogP contribution in [0.15, 0.2) is 0 Å². The Balaban J connectivity index is 1.86. The van der Waals surface area contributed by atoms with Gasteiger partial charge in [-0.05, 0) is 0 Å². The van der Waals surface area contributed by atoms with Crippen molar-refractivity contribution in [3.63, 3.8) is 0 Å². The molecule has 18 heteroatoms. The summed E-state index contributed by atoms with van der Waals surface area (Å²) >= 11 is 0. The smallest absolute Gasteiger partial charge is 0.217 e. The molecule has 0 aliphatic carbocycles. The Bertz CT molecular complexity index is 854. The lowest BCUT2D eigenvalue weighted by molar-refractivity contribution is -0.362. The van der Waals surface area contributed by atoms with Crippen LogP contribution >= 0.6 is 0 Å². The highest BCUT2D eigenvalue weighted by Gasteiger charge is 2.54. The van der Waals surface area contributed by atoms with Gasteiger partial charge in [-0.2, -0.15) is 0 Å². The normalized spacial score (nSPS) is 46.0. The quantitative estimate of drug-likeness (QED) is 0.120. The van der Waals surface area contributed by atoms with Gasteiger partial charge in [0.15, 0.2) is 18.9 Å². The van der Waals surface area contributed by atoms with Crippen LogP contribution in [0.5, 0.6) is 0 Å². The SMILES string of the molecule is CC(=O)N[C@H]1[C@H](O[C@H]2[C@@H](O)[C@H](O)[C@@H](CO)O[C@H]2O)O[C@H](CO)[C@@H](O[C@@H]2O[C@H](CO)[C@H](O)[C@H](O)[C@H]2NC(C)=O)[C@@H]1O. The van der Waals surface area contributed by atoms with Gasteiger partial charge in [0.05, 0.1) is 19.8 Å². The molecule has 15 atom stereocenters. The highest BCUT2D eigenvalue weighted by atomic mass is 16.7. The van der Waals surface area contributed by atoms with E-state index in [1.807, 2.05) is 0 Å². The molecule has 0 aromatic heterocycles. The van der Waals surface area contributed by atoms with E-state index in [1.54, 1.807) is 0 Å². The van der Waals surface area contributed by atoms with Gasteiger partial charge in [0, 0.05) is 13.8 Å². The number of carbonyl (C=O) groups is 2. The standard InChI is InChI=1S/C22H38N2O16/c1-6(28)23-11-15(32)13(30)9(4-26)37-21(11)39-18-10(5-27)38-22(12(16(18)33)24-7(2)29)40-19-17(34)14(31)8(3-25)36-20(19)35/h8-22,25-27,30-35H,3-5H2,1-2H3,(H,23,28)(H,24,29)/t8-,9-,10-,11-,12-,13+,14-,15-,16-,17+,18-,19+,20-,21+,22+/m1/s1.